The molecule has 5 heteroatoms. The van der Waals surface area contributed by atoms with Crippen LogP contribution in [0.3, 0.4) is 0 Å². The van der Waals surface area contributed by atoms with Gasteiger partial charge in [-0.25, -0.2) is 0 Å². The van der Waals surface area contributed by atoms with Gasteiger partial charge < -0.3 is 4.57 Å². The van der Waals surface area contributed by atoms with Crippen molar-refractivity contribution in [3.63, 3.8) is 0 Å². The van der Waals surface area contributed by atoms with Gasteiger partial charge in [0.25, 0.3) is 0 Å². The van der Waals surface area contributed by atoms with Crippen LogP contribution in [-0.4, -0.2) is 13.7 Å². The number of rotatable bonds is 4. The van der Waals surface area contributed by atoms with Crippen LogP contribution >= 0.6 is 0 Å². The van der Waals surface area contributed by atoms with E-state index in [-0.39, 0.29) is 0 Å². The van der Waals surface area contributed by atoms with Crippen LogP contribution in [0.1, 0.15) is 12.0 Å². The van der Waals surface area contributed by atoms with Crippen molar-refractivity contribution in [3.05, 3.63) is 166 Å². The van der Waals surface area contributed by atoms with Crippen molar-refractivity contribution in [1.82, 2.24) is 13.7 Å². The average molecular weight is 566 g/mol. The van der Waals surface area contributed by atoms with Gasteiger partial charge in [-0.05, 0) is 60.7 Å². The van der Waals surface area contributed by atoms with Crippen LogP contribution in [-0.2, 0) is 0 Å². The normalized spacial score (nSPS) is 12.5. The highest BCUT2D eigenvalue weighted by molar-refractivity contribution is 6.10. The van der Waals surface area contributed by atoms with Gasteiger partial charge in [-0.1, -0.05) is 84.7 Å². The first-order valence-corrected chi connectivity index (χ1v) is 14.3. The van der Waals surface area contributed by atoms with Crippen molar-refractivity contribution in [2.24, 2.45) is 0 Å². The Hall–Kier alpha value is -6.30. The Balaban J connectivity index is 1.36. The highest BCUT2D eigenvalue weighted by atomic mass is 16.2. The Kier molecular flexibility index (Phi) is 5.89. The third kappa shape index (κ3) is 4.00. The summed E-state index contributed by atoms with van der Waals surface area (Å²) in [6, 6.07) is 41.5. The summed E-state index contributed by atoms with van der Waals surface area (Å²) in [6.45, 7) is 0. The van der Waals surface area contributed by atoms with Gasteiger partial charge in [-0.15, -0.1) is 0 Å². The van der Waals surface area contributed by atoms with E-state index < -0.39 is 11.1 Å². The van der Waals surface area contributed by atoms with Gasteiger partial charge in [0.1, 0.15) is 0 Å². The molecule has 0 amide bonds. The maximum absolute atomic E-state index is 14.0. The minimum Gasteiger partial charge on any atom is -0.309 e. The molecule has 5 aromatic carbocycles. The molecule has 0 saturated heterocycles. The lowest BCUT2D eigenvalue weighted by molar-refractivity contribution is 0.919. The minimum atomic E-state index is -0.651. The third-order valence-corrected chi connectivity index (χ3v) is 7.99. The lowest BCUT2D eigenvalue weighted by Gasteiger charge is -2.15. The number of benzene rings is 4. The molecule has 2 heterocycles. The second-order valence-electron chi connectivity index (χ2n) is 10.6. The quantitative estimate of drug-likeness (QED) is 0.168. The summed E-state index contributed by atoms with van der Waals surface area (Å²) >= 11 is 0. The van der Waals surface area contributed by atoms with Gasteiger partial charge in [-0.3, -0.25) is 18.7 Å². The molecule has 0 bridgehead atoms. The first-order valence-electron chi connectivity index (χ1n) is 14.3. The zero-order valence-corrected chi connectivity index (χ0v) is 23.5. The summed E-state index contributed by atoms with van der Waals surface area (Å²) in [5, 5.41) is 2.06. The molecule has 1 aliphatic rings. The van der Waals surface area contributed by atoms with E-state index in [0.717, 1.165) is 33.1 Å². The van der Waals surface area contributed by atoms with Gasteiger partial charge >= 0.3 is 11.1 Å². The van der Waals surface area contributed by atoms with Crippen LogP contribution in [0.5, 0.6) is 0 Å². The summed E-state index contributed by atoms with van der Waals surface area (Å²) in [7, 11) is 0. The number of aromatic nitrogens is 3. The topological polar surface area (TPSA) is 48.9 Å². The standard InChI is InChI=1S/C39H23N3O2/c43-38-39(44)42(31-23-24-35-33(26-31)32-19-8-9-20-34(32)40(35)29-16-6-3-7-17-29)37-22-11-10-21-36(37)41(38)30-18-12-15-28(25-30)27-13-4-1-2-5-14-27/h1,3-4,6-11,13,16-26H,2H2. The maximum Gasteiger partial charge on any atom is 0.321 e. The molecule has 0 spiro atoms. The van der Waals surface area contributed by atoms with Gasteiger partial charge in [0, 0.05) is 40.1 Å². The number of hydrogen-bond acceptors (Lipinski definition) is 2. The fourth-order valence-corrected chi connectivity index (χ4v) is 6.04. The van der Waals surface area contributed by atoms with Crippen LogP contribution < -0.4 is 11.1 Å². The molecular formula is C39H23N3O2. The van der Waals surface area contributed by atoms with Gasteiger partial charge in [-0.2, -0.15) is 0 Å². The predicted octanol–water partition coefficient (Wildman–Crippen LogP) is 7.19. The molecule has 206 valence electrons. The summed E-state index contributed by atoms with van der Waals surface area (Å²) in [4.78, 5) is 27.9. The monoisotopic (exact) mass is 565 g/mol. The SMILES string of the molecule is O=c1c(=O)n(-c2ccc3c(c2)c2ccccc2n3-c2ccccc2)c2ccccc2n1-c1cc#cc(C2=CC=CCC#C2)c1. The van der Waals surface area contributed by atoms with E-state index in [1.807, 2.05) is 97.1 Å². The zero-order valence-electron chi connectivity index (χ0n) is 23.5. The molecule has 0 aliphatic heterocycles. The Morgan fingerprint density at radius 3 is 2.07 bits per heavy atom. The van der Waals surface area contributed by atoms with Gasteiger partial charge in [0.15, 0.2) is 0 Å². The molecule has 8 rings (SSSR count). The maximum atomic E-state index is 14.0. The fourth-order valence-electron chi connectivity index (χ4n) is 6.04. The Bertz CT molecular complexity index is 2520. The van der Waals surface area contributed by atoms with Crippen LogP contribution in [0.2, 0.25) is 0 Å². The van der Waals surface area contributed by atoms with E-state index in [1.54, 1.807) is 6.07 Å². The van der Waals surface area contributed by atoms with Crippen LogP contribution in [0.15, 0.2) is 137 Å². The lowest BCUT2D eigenvalue weighted by atomic mass is 10.1. The largest absolute Gasteiger partial charge is 0.321 e. The van der Waals surface area contributed by atoms with Crippen molar-refractivity contribution in [3.8, 4) is 28.9 Å². The Labute approximate surface area is 252 Å². The molecule has 0 unspecified atom stereocenters. The molecule has 0 radical (unpaired) electrons. The minimum absolute atomic E-state index is 0.529. The van der Waals surface area contributed by atoms with Crippen LogP contribution in [0, 0.1) is 24.0 Å². The number of allylic oxidation sites excluding steroid dienone is 4. The van der Waals surface area contributed by atoms with Crippen molar-refractivity contribution in [1.29, 1.82) is 0 Å². The second kappa shape index (κ2) is 10.2. The third-order valence-electron chi connectivity index (χ3n) is 7.99. The van der Waals surface area contributed by atoms with E-state index in [1.165, 1.54) is 9.13 Å². The predicted molar refractivity (Wildman–Crippen MR) is 177 cm³/mol. The van der Waals surface area contributed by atoms with E-state index in [2.05, 4.69) is 52.8 Å². The highest BCUT2D eigenvalue weighted by Gasteiger charge is 2.18. The Morgan fingerprint density at radius 2 is 1.27 bits per heavy atom. The molecule has 0 atom stereocenters. The summed E-state index contributed by atoms with van der Waals surface area (Å²) < 4.78 is 5.20. The molecule has 1 aliphatic carbocycles. The lowest BCUT2D eigenvalue weighted by Crippen LogP contribution is -2.40. The van der Waals surface area contributed by atoms with E-state index in [9.17, 15) is 9.59 Å². The Morgan fingerprint density at radius 1 is 0.591 bits per heavy atom. The molecule has 5 nitrogen and oxygen atoms in total. The molecule has 2 aromatic heterocycles. The summed E-state index contributed by atoms with van der Waals surface area (Å²) in [5.41, 5.74) is 5.71. The van der Waals surface area contributed by atoms with Gasteiger partial charge in [0.2, 0.25) is 0 Å². The highest BCUT2D eigenvalue weighted by Crippen LogP contribution is 2.33. The molecule has 0 saturated carbocycles. The van der Waals surface area contributed by atoms with Gasteiger partial charge in [0.05, 0.1) is 33.4 Å². The van der Waals surface area contributed by atoms with Crippen LogP contribution in [0.4, 0.5) is 0 Å². The first kappa shape index (κ1) is 25.4. The van der Waals surface area contributed by atoms with E-state index in [4.69, 9.17) is 0 Å². The first-order chi connectivity index (χ1) is 21.7. The number of hydrogen-bond donors (Lipinski definition) is 0. The zero-order chi connectivity index (χ0) is 29.6. The number of nitrogens with zero attached hydrogens (tertiary/aromatic N) is 3. The number of fused-ring (bicyclic) bond motifs is 4. The molecule has 0 N–H and O–H groups in total. The molecule has 7 aromatic rings. The fraction of sp³-hybridized carbons (Fsp3) is 0.0256. The number of para-hydroxylation sites is 4. The van der Waals surface area contributed by atoms with Crippen LogP contribution in [0.25, 0.3) is 55.5 Å². The molecular weight excluding hydrogens is 542 g/mol. The average Bonchev–Trinajstić information content (AvgIpc) is 3.19. The van der Waals surface area contributed by atoms with Crippen molar-refractivity contribution < 1.29 is 0 Å². The van der Waals surface area contributed by atoms with E-state index >= 15 is 0 Å². The van der Waals surface area contributed by atoms with E-state index in [0.29, 0.717) is 34.4 Å². The van der Waals surface area contributed by atoms with Crippen molar-refractivity contribution >= 4 is 38.4 Å². The molecule has 44 heavy (non-hydrogen) atoms. The molecule has 0 fully saturated rings. The smallest absolute Gasteiger partial charge is 0.309 e. The van der Waals surface area contributed by atoms with Crippen molar-refractivity contribution in [2.75, 3.05) is 0 Å². The second-order valence-corrected chi connectivity index (χ2v) is 10.6. The summed E-state index contributed by atoms with van der Waals surface area (Å²) in [6.07, 6.45) is 6.53. The van der Waals surface area contributed by atoms with Crippen molar-refractivity contribution in [2.45, 2.75) is 6.42 Å². The summed E-state index contributed by atoms with van der Waals surface area (Å²) in [5.74, 6) is 6.25.